The summed E-state index contributed by atoms with van der Waals surface area (Å²) in [6, 6.07) is 13.5. The van der Waals surface area contributed by atoms with Gasteiger partial charge in [0.2, 0.25) is 11.7 Å². The van der Waals surface area contributed by atoms with Crippen molar-refractivity contribution in [1.82, 2.24) is 4.98 Å². The van der Waals surface area contributed by atoms with Gasteiger partial charge in [0.05, 0.1) is 34.1 Å². The summed E-state index contributed by atoms with van der Waals surface area (Å²) in [5, 5.41) is 3.09. The molecule has 190 valence electrons. The van der Waals surface area contributed by atoms with Gasteiger partial charge in [0.15, 0.2) is 11.5 Å². The van der Waals surface area contributed by atoms with Crippen LogP contribution in [-0.4, -0.2) is 52.4 Å². The van der Waals surface area contributed by atoms with Crippen molar-refractivity contribution in [3.63, 3.8) is 0 Å². The van der Waals surface area contributed by atoms with Gasteiger partial charge in [0.25, 0.3) is 0 Å². The molecule has 1 aliphatic heterocycles. The molecule has 0 unspecified atom stereocenters. The van der Waals surface area contributed by atoms with Crippen LogP contribution in [0.2, 0.25) is 0 Å². The number of ether oxygens (including phenoxy) is 4. The summed E-state index contributed by atoms with van der Waals surface area (Å²) in [7, 11) is 6.36. The van der Waals surface area contributed by atoms with Crippen molar-refractivity contribution >= 4 is 29.6 Å². The largest absolute Gasteiger partial charge is 0.495 e. The van der Waals surface area contributed by atoms with Crippen LogP contribution in [0.5, 0.6) is 23.0 Å². The maximum Gasteiger partial charge on any atom is 0.227 e. The number of aromatic nitrogens is 1. The lowest BCUT2D eigenvalue weighted by Gasteiger charge is -2.32. The maximum atomic E-state index is 13.1. The van der Waals surface area contributed by atoms with E-state index in [1.54, 1.807) is 28.4 Å². The van der Waals surface area contributed by atoms with Gasteiger partial charge in [0.1, 0.15) is 11.6 Å². The molecule has 1 saturated heterocycles. The van der Waals surface area contributed by atoms with Crippen molar-refractivity contribution in [2.45, 2.75) is 12.8 Å². The Morgan fingerprint density at radius 2 is 1.56 bits per heavy atom. The molecule has 2 heterocycles. The predicted octanol–water partition coefficient (Wildman–Crippen LogP) is 5.07. The lowest BCUT2D eigenvalue weighted by atomic mass is 9.95. The molecule has 1 fully saturated rings. The third-order valence-corrected chi connectivity index (χ3v) is 6.42. The Morgan fingerprint density at radius 3 is 2.14 bits per heavy atom. The zero-order valence-corrected chi connectivity index (χ0v) is 21.2. The number of rotatable bonds is 9. The van der Waals surface area contributed by atoms with Crippen LogP contribution < -0.4 is 29.2 Å². The fourth-order valence-corrected chi connectivity index (χ4v) is 4.45. The van der Waals surface area contributed by atoms with Crippen molar-refractivity contribution in [3.05, 3.63) is 59.8 Å². The fourth-order valence-electron chi connectivity index (χ4n) is 4.45. The maximum absolute atomic E-state index is 13.1. The molecule has 8 nitrogen and oxygen atoms in total. The van der Waals surface area contributed by atoms with Crippen molar-refractivity contribution in [2.75, 3.05) is 51.7 Å². The van der Waals surface area contributed by atoms with E-state index in [0.29, 0.717) is 28.7 Å². The van der Waals surface area contributed by atoms with Gasteiger partial charge in [-0.2, -0.15) is 0 Å². The number of hydrogen-bond donors (Lipinski definition) is 2. The summed E-state index contributed by atoms with van der Waals surface area (Å²) in [5.41, 5.74) is 2.46. The number of nitrogens with one attached hydrogen (secondary N) is 2. The number of carbonyl (C=O) groups excluding carboxylic acids is 1. The van der Waals surface area contributed by atoms with Gasteiger partial charge in [-0.25, -0.2) is 0 Å². The highest BCUT2D eigenvalue weighted by molar-refractivity contribution is 5.94. The molecule has 8 heteroatoms. The second kappa shape index (κ2) is 11.6. The summed E-state index contributed by atoms with van der Waals surface area (Å²) >= 11 is 0. The van der Waals surface area contributed by atoms with Crippen LogP contribution in [-0.2, 0) is 4.79 Å². The van der Waals surface area contributed by atoms with Gasteiger partial charge in [0, 0.05) is 25.2 Å². The molecule has 0 atom stereocenters. The van der Waals surface area contributed by atoms with Gasteiger partial charge in [-0.3, -0.25) is 4.79 Å². The van der Waals surface area contributed by atoms with Gasteiger partial charge >= 0.3 is 0 Å². The number of benzene rings is 2. The smallest absolute Gasteiger partial charge is 0.227 e. The summed E-state index contributed by atoms with van der Waals surface area (Å²) in [6.45, 7) is 1.68. The van der Waals surface area contributed by atoms with Crippen LogP contribution in [0, 0.1) is 5.92 Å². The summed E-state index contributed by atoms with van der Waals surface area (Å²) in [5.74, 6) is 3.41. The first-order valence-electron chi connectivity index (χ1n) is 11.9. The Kier molecular flexibility index (Phi) is 8.05. The van der Waals surface area contributed by atoms with E-state index >= 15 is 0 Å². The van der Waals surface area contributed by atoms with Crippen LogP contribution in [0.4, 0.5) is 11.5 Å². The monoisotopic (exact) mass is 491 g/mol. The van der Waals surface area contributed by atoms with E-state index in [9.17, 15) is 4.79 Å². The van der Waals surface area contributed by atoms with E-state index in [2.05, 4.69) is 21.3 Å². The number of methoxy groups -OCH3 is 4. The molecule has 4 rings (SSSR count). The molecule has 3 aromatic rings. The summed E-state index contributed by atoms with van der Waals surface area (Å²) in [6.07, 6.45) is 7.43. The molecule has 0 saturated carbocycles. The molecule has 0 bridgehead atoms. The fraction of sp³-hybridized carbons (Fsp3) is 0.321. The topological polar surface area (TPSA) is 85.1 Å². The minimum Gasteiger partial charge on any atom is -0.495 e. The third kappa shape index (κ3) is 5.59. The Morgan fingerprint density at radius 1 is 0.889 bits per heavy atom. The SMILES string of the molecule is COc1ccc(C=Cc2cc(OC)c(OC)c(OC)c2)cc1NC(=O)C1CCN(c2ccc[nH]2)CC1. The van der Waals surface area contributed by atoms with E-state index in [1.807, 2.05) is 54.7 Å². The molecule has 1 amide bonds. The minimum atomic E-state index is -0.0423. The Balaban J connectivity index is 1.47. The molecule has 0 radical (unpaired) electrons. The average molecular weight is 492 g/mol. The zero-order chi connectivity index (χ0) is 25.5. The number of aromatic amines is 1. The molecular formula is C28H33N3O5. The molecule has 0 spiro atoms. The first kappa shape index (κ1) is 25.0. The molecule has 36 heavy (non-hydrogen) atoms. The number of carbonyl (C=O) groups is 1. The van der Waals surface area contributed by atoms with E-state index in [-0.39, 0.29) is 11.8 Å². The van der Waals surface area contributed by atoms with Gasteiger partial charge < -0.3 is 34.1 Å². The highest BCUT2D eigenvalue weighted by Gasteiger charge is 2.26. The van der Waals surface area contributed by atoms with Crippen molar-refractivity contribution in [1.29, 1.82) is 0 Å². The number of H-pyrrole nitrogens is 1. The highest BCUT2D eigenvalue weighted by Crippen LogP contribution is 2.38. The van der Waals surface area contributed by atoms with Gasteiger partial charge in [-0.15, -0.1) is 0 Å². The molecule has 1 aliphatic rings. The number of amides is 1. The molecule has 0 aliphatic carbocycles. The van der Waals surface area contributed by atoms with E-state index < -0.39 is 0 Å². The number of anilines is 2. The Labute approximate surface area is 211 Å². The first-order chi connectivity index (χ1) is 17.6. The van der Waals surface area contributed by atoms with E-state index in [0.717, 1.165) is 42.9 Å². The van der Waals surface area contributed by atoms with Crippen molar-refractivity contribution < 1.29 is 23.7 Å². The molecule has 1 aromatic heterocycles. The minimum absolute atomic E-state index is 0.0187. The molecule has 2 aromatic carbocycles. The second-order valence-corrected chi connectivity index (χ2v) is 8.56. The van der Waals surface area contributed by atoms with Crippen LogP contribution in [0.1, 0.15) is 24.0 Å². The zero-order valence-electron chi connectivity index (χ0n) is 21.2. The normalized spacial score (nSPS) is 14.1. The quantitative estimate of drug-likeness (QED) is 0.407. The first-order valence-corrected chi connectivity index (χ1v) is 11.9. The predicted molar refractivity (Wildman–Crippen MR) is 142 cm³/mol. The Bertz CT molecular complexity index is 1170. The second-order valence-electron chi connectivity index (χ2n) is 8.56. The van der Waals surface area contributed by atoms with Crippen molar-refractivity contribution in [2.24, 2.45) is 5.92 Å². The van der Waals surface area contributed by atoms with Crippen molar-refractivity contribution in [3.8, 4) is 23.0 Å². The standard InChI is InChI=1S/C28H33N3O5/c1-33-23-10-9-19(7-8-20-17-24(34-2)27(36-4)25(18-20)35-3)16-22(23)30-28(32)21-11-14-31(15-12-21)26-6-5-13-29-26/h5-10,13,16-18,21,29H,11-12,14-15H2,1-4H3,(H,30,32). The highest BCUT2D eigenvalue weighted by atomic mass is 16.5. The number of hydrogen-bond acceptors (Lipinski definition) is 6. The Hall–Kier alpha value is -4.07. The van der Waals surface area contributed by atoms with Gasteiger partial charge in [-0.05, 0) is 60.4 Å². The number of piperidine rings is 1. The van der Waals surface area contributed by atoms with Crippen LogP contribution in [0.15, 0.2) is 48.7 Å². The van der Waals surface area contributed by atoms with E-state index in [4.69, 9.17) is 18.9 Å². The lowest BCUT2D eigenvalue weighted by molar-refractivity contribution is -0.120. The van der Waals surface area contributed by atoms with Gasteiger partial charge in [-0.1, -0.05) is 18.2 Å². The summed E-state index contributed by atoms with van der Waals surface area (Å²) in [4.78, 5) is 18.6. The third-order valence-electron chi connectivity index (χ3n) is 6.42. The number of nitrogens with zero attached hydrogens (tertiary/aromatic N) is 1. The van der Waals surface area contributed by atoms with Crippen LogP contribution in [0.25, 0.3) is 12.2 Å². The summed E-state index contributed by atoms with van der Waals surface area (Å²) < 4.78 is 21.8. The molecular weight excluding hydrogens is 458 g/mol. The van der Waals surface area contributed by atoms with Crippen LogP contribution in [0.3, 0.4) is 0 Å². The van der Waals surface area contributed by atoms with E-state index in [1.165, 1.54) is 0 Å². The average Bonchev–Trinajstić information content (AvgIpc) is 3.46. The van der Waals surface area contributed by atoms with Crippen LogP contribution >= 0.6 is 0 Å². The lowest BCUT2D eigenvalue weighted by Crippen LogP contribution is -2.38. The molecule has 2 N–H and O–H groups in total.